The van der Waals surface area contributed by atoms with Crippen LogP contribution in [0.4, 0.5) is 11.4 Å². The summed E-state index contributed by atoms with van der Waals surface area (Å²) in [4.78, 5) is 10.9. The number of nitrogen functional groups attached to an aromatic ring is 1. The zero-order valence-electron chi connectivity index (χ0n) is 9.75. The number of nitrogens with two attached hydrogens (primary N) is 1. The fraction of sp³-hybridized carbons (Fsp3) is 0.417. The van der Waals surface area contributed by atoms with E-state index in [0.717, 1.165) is 29.9 Å². The van der Waals surface area contributed by atoms with Gasteiger partial charge < -0.3 is 15.8 Å². The highest BCUT2D eigenvalue weighted by atomic mass is 16.5. The number of ether oxygens (including phenoxy) is 1. The average molecular weight is 222 g/mol. The molecule has 16 heavy (non-hydrogen) atoms. The Hall–Kier alpha value is -1.71. The van der Waals surface area contributed by atoms with Crippen LogP contribution in [0.2, 0.25) is 0 Å². The van der Waals surface area contributed by atoms with Gasteiger partial charge in [-0.3, -0.25) is 4.79 Å². The minimum Gasteiger partial charge on any atom is -0.469 e. The Labute approximate surface area is 95.8 Å². The van der Waals surface area contributed by atoms with Crippen LogP contribution >= 0.6 is 0 Å². The number of nitrogens with one attached hydrogen (secondary N) is 1. The summed E-state index contributed by atoms with van der Waals surface area (Å²) in [5.41, 5.74) is 8.58. The third kappa shape index (κ3) is 3.81. The first-order chi connectivity index (χ1) is 7.63. The Balaban J connectivity index is 2.32. The maximum atomic E-state index is 10.9. The largest absolute Gasteiger partial charge is 0.469 e. The number of methoxy groups -OCH3 is 1. The van der Waals surface area contributed by atoms with Gasteiger partial charge in [0.2, 0.25) is 0 Å². The van der Waals surface area contributed by atoms with Crippen molar-refractivity contribution in [2.24, 2.45) is 0 Å². The van der Waals surface area contributed by atoms with E-state index in [1.807, 2.05) is 25.1 Å². The van der Waals surface area contributed by atoms with E-state index in [2.05, 4.69) is 10.1 Å². The van der Waals surface area contributed by atoms with Gasteiger partial charge in [-0.2, -0.15) is 0 Å². The van der Waals surface area contributed by atoms with E-state index in [9.17, 15) is 4.79 Å². The van der Waals surface area contributed by atoms with E-state index in [4.69, 9.17) is 5.73 Å². The van der Waals surface area contributed by atoms with Crippen molar-refractivity contribution in [2.45, 2.75) is 19.8 Å². The van der Waals surface area contributed by atoms with E-state index in [-0.39, 0.29) is 5.97 Å². The number of hydrogen-bond acceptors (Lipinski definition) is 4. The highest BCUT2D eigenvalue weighted by molar-refractivity contribution is 5.69. The van der Waals surface area contributed by atoms with Crippen molar-refractivity contribution in [1.82, 2.24) is 0 Å². The molecule has 0 spiro atoms. The number of carbonyl (C=O) groups is 1. The number of rotatable bonds is 5. The summed E-state index contributed by atoms with van der Waals surface area (Å²) in [7, 11) is 1.40. The van der Waals surface area contributed by atoms with E-state index in [1.54, 1.807) is 0 Å². The van der Waals surface area contributed by atoms with Gasteiger partial charge in [0.1, 0.15) is 0 Å². The van der Waals surface area contributed by atoms with Crippen LogP contribution in [0.5, 0.6) is 0 Å². The lowest BCUT2D eigenvalue weighted by atomic mass is 10.2. The second-order valence-corrected chi connectivity index (χ2v) is 3.68. The number of hydrogen-bond donors (Lipinski definition) is 2. The van der Waals surface area contributed by atoms with Gasteiger partial charge in [0.15, 0.2) is 0 Å². The molecule has 0 aliphatic rings. The molecule has 0 fully saturated rings. The van der Waals surface area contributed by atoms with Crippen LogP contribution in [0, 0.1) is 6.92 Å². The van der Waals surface area contributed by atoms with Crippen molar-refractivity contribution in [3.05, 3.63) is 23.8 Å². The van der Waals surface area contributed by atoms with Gasteiger partial charge in [-0.15, -0.1) is 0 Å². The third-order valence-corrected chi connectivity index (χ3v) is 2.38. The number of esters is 1. The minimum atomic E-state index is -0.171. The van der Waals surface area contributed by atoms with Crippen LogP contribution < -0.4 is 11.1 Å². The molecule has 4 nitrogen and oxygen atoms in total. The quantitative estimate of drug-likeness (QED) is 0.454. The first-order valence-electron chi connectivity index (χ1n) is 5.30. The topological polar surface area (TPSA) is 64.3 Å². The molecule has 0 aromatic heterocycles. The second-order valence-electron chi connectivity index (χ2n) is 3.68. The smallest absolute Gasteiger partial charge is 0.305 e. The lowest BCUT2D eigenvalue weighted by molar-refractivity contribution is -0.140. The molecule has 0 saturated heterocycles. The van der Waals surface area contributed by atoms with Crippen LogP contribution in [0.3, 0.4) is 0 Å². The van der Waals surface area contributed by atoms with Crippen LogP contribution in [-0.2, 0) is 9.53 Å². The molecule has 3 N–H and O–H groups in total. The summed E-state index contributed by atoms with van der Waals surface area (Å²) in [6, 6.07) is 5.80. The van der Waals surface area contributed by atoms with Gasteiger partial charge in [0, 0.05) is 24.3 Å². The standard InChI is InChI=1S/C12H18N2O2/c1-9-8-10(5-6-11(9)13)14-7-3-4-12(15)16-2/h5-6,8,14H,3-4,7,13H2,1-2H3. The number of anilines is 2. The molecule has 0 radical (unpaired) electrons. The molecular formula is C12H18N2O2. The first kappa shape index (κ1) is 12.4. The molecule has 0 saturated carbocycles. The lowest BCUT2D eigenvalue weighted by Gasteiger charge is -2.08. The minimum absolute atomic E-state index is 0.171. The van der Waals surface area contributed by atoms with E-state index in [1.165, 1.54) is 7.11 Å². The van der Waals surface area contributed by atoms with Gasteiger partial charge in [-0.25, -0.2) is 0 Å². The lowest BCUT2D eigenvalue weighted by Crippen LogP contribution is -2.06. The summed E-state index contributed by atoms with van der Waals surface area (Å²) in [5.74, 6) is -0.171. The highest BCUT2D eigenvalue weighted by Gasteiger charge is 2.00. The highest BCUT2D eigenvalue weighted by Crippen LogP contribution is 2.16. The van der Waals surface area contributed by atoms with Gasteiger partial charge in [0.25, 0.3) is 0 Å². The SMILES string of the molecule is COC(=O)CCCNc1ccc(N)c(C)c1. The second kappa shape index (κ2) is 6.00. The van der Waals surface area contributed by atoms with E-state index in [0.29, 0.717) is 6.42 Å². The fourth-order valence-electron chi connectivity index (χ4n) is 1.35. The number of benzene rings is 1. The van der Waals surface area contributed by atoms with Crippen LogP contribution in [0.15, 0.2) is 18.2 Å². The van der Waals surface area contributed by atoms with Gasteiger partial charge in [-0.1, -0.05) is 0 Å². The maximum absolute atomic E-state index is 10.9. The molecule has 88 valence electrons. The van der Waals surface area contributed by atoms with Crippen molar-refractivity contribution in [2.75, 3.05) is 24.7 Å². The molecule has 0 aliphatic heterocycles. The monoisotopic (exact) mass is 222 g/mol. The van der Waals surface area contributed by atoms with Gasteiger partial charge in [0.05, 0.1) is 7.11 Å². The molecule has 4 heteroatoms. The zero-order valence-corrected chi connectivity index (χ0v) is 9.75. The third-order valence-electron chi connectivity index (χ3n) is 2.38. The molecule has 0 aliphatic carbocycles. The number of carbonyl (C=O) groups excluding carboxylic acids is 1. The zero-order chi connectivity index (χ0) is 12.0. The average Bonchev–Trinajstić information content (AvgIpc) is 2.28. The Morgan fingerprint density at radius 2 is 2.25 bits per heavy atom. The summed E-state index contributed by atoms with van der Waals surface area (Å²) < 4.78 is 4.55. The van der Waals surface area contributed by atoms with Crippen LogP contribution in [0.25, 0.3) is 0 Å². The molecule has 1 rings (SSSR count). The van der Waals surface area contributed by atoms with Crippen molar-refractivity contribution in [1.29, 1.82) is 0 Å². The Morgan fingerprint density at radius 3 is 2.88 bits per heavy atom. The number of aryl methyl sites for hydroxylation is 1. The van der Waals surface area contributed by atoms with Crippen LogP contribution in [0.1, 0.15) is 18.4 Å². The van der Waals surface area contributed by atoms with Gasteiger partial charge >= 0.3 is 5.97 Å². The predicted molar refractivity (Wildman–Crippen MR) is 65.3 cm³/mol. The molecule has 0 bridgehead atoms. The fourth-order valence-corrected chi connectivity index (χ4v) is 1.35. The molecule has 1 aromatic rings. The van der Waals surface area contributed by atoms with Gasteiger partial charge in [-0.05, 0) is 37.1 Å². The molecule has 0 amide bonds. The summed E-state index contributed by atoms with van der Waals surface area (Å²) in [6.45, 7) is 2.72. The molecule has 0 atom stereocenters. The van der Waals surface area contributed by atoms with E-state index < -0.39 is 0 Å². The predicted octanol–water partition coefficient (Wildman–Crippen LogP) is 1.94. The van der Waals surface area contributed by atoms with Crippen LogP contribution in [-0.4, -0.2) is 19.6 Å². The molecular weight excluding hydrogens is 204 g/mol. The Bertz CT molecular complexity index is 364. The molecule has 1 aromatic carbocycles. The molecule has 0 heterocycles. The summed E-state index contributed by atoms with van der Waals surface area (Å²) in [5, 5.41) is 3.23. The van der Waals surface area contributed by atoms with E-state index >= 15 is 0 Å². The normalized spacial score (nSPS) is 9.88. The van der Waals surface area contributed by atoms with Crippen molar-refractivity contribution >= 4 is 17.3 Å². The van der Waals surface area contributed by atoms with Crippen molar-refractivity contribution < 1.29 is 9.53 Å². The van der Waals surface area contributed by atoms with Crippen molar-refractivity contribution in [3.8, 4) is 0 Å². The maximum Gasteiger partial charge on any atom is 0.305 e. The first-order valence-corrected chi connectivity index (χ1v) is 5.30. The molecule has 0 unspecified atom stereocenters. The Kier molecular flexibility index (Phi) is 4.64. The Morgan fingerprint density at radius 1 is 1.50 bits per heavy atom. The summed E-state index contributed by atoms with van der Waals surface area (Å²) >= 11 is 0. The van der Waals surface area contributed by atoms with Crippen molar-refractivity contribution in [3.63, 3.8) is 0 Å². The summed E-state index contributed by atoms with van der Waals surface area (Å²) in [6.07, 6.45) is 1.20.